The largest absolute Gasteiger partial charge is 0.354 e. The molecular weight excluding hydrogens is 536 g/mol. The summed E-state index contributed by atoms with van der Waals surface area (Å²) in [6.45, 7) is 4.12. The summed E-state index contributed by atoms with van der Waals surface area (Å²) >= 11 is 6.21. The van der Waals surface area contributed by atoms with Crippen molar-refractivity contribution in [1.82, 2.24) is 14.8 Å². The van der Waals surface area contributed by atoms with Crippen molar-refractivity contribution < 1.29 is 9.59 Å². The Balaban J connectivity index is 1.30. The molecule has 41 heavy (non-hydrogen) atoms. The molecule has 0 aliphatic carbocycles. The maximum absolute atomic E-state index is 13.3. The van der Waals surface area contributed by atoms with Crippen LogP contribution in [0, 0.1) is 0 Å². The summed E-state index contributed by atoms with van der Waals surface area (Å²) < 4.78 is 0. The van der Waals surface area contributed by atoms with E-state index in [-0.39, 0.29) is 11.8 Å². The molecule has 0 radical (unpaired) electrons. The lowest BCUT2D eigenvalue weighted by Gasteiger charge is -2.32. The Labute approximate surface area is 244 Å². The van der Waals surface area contributed by atoms with E-state index in [0.717, 1.165) is 59.6 Å². The molecule has 0 unspecified atom stereocenters. The number of carbonyl (C=O) groups is 2. The van der Waals surface area contributed by atoms with Crippen molar-refractivity contribution in [2.24, 2.45) is 0 Å². The SMILES string of the molecule is CN1CCN(CC(=O)N(C)c2ccc(N/C(=C3\C(=O)Nc4cc(Cl)ccc43)c3ccc4cccnc4c3)cc2)CC1. The van der Waals surface area contributed by atoms with Crippen molar-refractivity contribution in [3.8, 4) is 0 Å². The molecule has 2 amide bonds. The first-order valence-electron chi connectivity index (χ1n) is 13.6. The second-order valence-electron chi connectivity index (χ2n) is 10.5. The maximum atomic E-state index is 13.3. The molecule has 0 spiro atoms. The van der Waals surface area contributed by atoms with E-state index in [1.54, 1.807) is 30.3 Å². The van der Waals surface area contributed by atoms with Crippen LogP contribution in [0.1, 0.15) is 11.1 Å². The van der Waals surface area contributed by atoms with E-state index in [2.05, 4.69) is 32.5 Å². The molecule has 2 aliphatic heterocycles. The van der Waals surface area contributed by atoms with Crippen molar-refractivity contribution >= 4 is 62.7 Å². The fourth-order valence-corrected chi connectivity index (χ4v) is 5.43. The molecule has 9 heteroatoms. The molecule has 2 aliphatic rings. The van der Waals surface area contributed by atoms with Gasteiger partial charge in [0, 0.05) is 72.3 Å². The molecule has 0 bridgehead atoms. The van der Waals surface area contributed by atoms with E-state index in [4.69, 9.17) is 11.6 Å². The molecule has 4 aromatic rings. The first-order valence-corrected chi connectivity index (χ1v) is 14.0. The first kappa shape index (κ1) is 27.0. The predicted molar refractivity (Wildman–Crippen MR) is 166 cm³/mol. The summed E-state index contributed by atoms with van der Waals surface area (Å²) in [5, 5.41) is 8.00. The Morgan fingerprint density at radius 1 is 1.02 bits per heavy atom. The van der Waals surface area contributed by atoms with Crippen molar-refractivity contribution in [1.29, 1.82) is 0 Å². The Bertz CT molecular complexity index is 1660. The number of nitrogens with zero attached hydrogens (tertiary/aromatic N) is 4. The van der Waals surface area contributed by atoms with Gasteiger partial charge in [-0.25, -0.2) is 0 Å². The Morgan fingerprint density at radius 3 is 2.59 bits per heavy atom. The van der Waals surface area contributed by atoms with Crippen LogP contribution < -0.4 is 15.5 Å². The number of piperazine rings is 1. The first-order chi connectivity index (χ1) is 19.9. The van der Waals surface area contributed by atoms with Crippen LogP contribution in [0.15, 0.2) is 79.0 Å². The third-order valence-corrected chi connectivity index (χ3v) is 7.96. The maximum Gasteiger partial charge on any atom is 0.258 e. The molecule has 1 aromatic heterocycles. The Morgan fingerprint density at radius 2 is 1.80 bits per heavy atom. The third kappa shape index (κ3) is 5.67. The number of likely N-dealkylation sites (N-methyl/N-ethyl adjacent to an activating group) is 2. The molecule has 3 aromatic carbocycles. The van der Waals surface area contributed by atoms with E-state index < -0.39 is 0 Å². The van der Waals surface area contributed by atoms with Crippen LogP contribution in [-0.4, -0.2) is 73.4 Å². The molecule has 0 saturated carbocycles. The Hall–Kier alpha value is -4.24. The number of aromatic nitrogens is 1. The standard InChI is InChI=1S/C32H31ClN6O2/c1-37-14-16-39(17-15-37)20-29(40)38(2)25-10-8-24(9-11-25)35-31(22-6-5-21-4-3-13-34-27(21)18-22)30-26-12-7-23(33)19-28(26)36-32(30)41/h3-13,18-19,35H,14-17,20H2,1-2H3,(H,36,41)/b31-30-. The number of nitrogens with one attached hydrogen (secondary N) is 2. The summed E-state index contributed by atoms with van der Waals surface area (Å²) in [6, 6.07) is 22.9. The van der Waals surface area contributed by atoms with Gasteiger partial charge in [-0.3, -0.25) is 19.5 Å². The van der Waals surface area contributed by atoms with Gasteiger partial charge in [-0.2, -0.15) is 0 Å². The predicted octanol–water partition coefficient (Wildman–Crippen LogP) is 5.03. The van der Waals surface area contributed by atoms with Gasteiger partial charge in [0.05, 0.1) is 29.0 Å². The van der Waals surface area contributed by atoms with Gasteiger partial charge in [-0.1, -0.05) is 35.9 Å². The minimum absolute atomic E-state index is 0.0552. The minimum Gasteiger partial charge on any atom is -0.354 e. The molecule has 1 fully saturated rings. The number of benzene rings is 3. The fourth-order valence-electron chi connectivity index (χ4n) is 5.25. The van der Waals surface area contributed by atoms with Crippen LogP contribution >= 0.6 is 11.6 Å². The average molecular weight is 567 g/mol. The molecule has 8 nitrogen and oxygen atoms in total. The molecule has 2 N–H and O–H groups in total. The molecule has 6 rings (SSSR count). The molecule has 1 saturated heterocycles. The van der Waals surface area contributed by atoms with Crippen LogP contribution in [0.25, 0.3) is 22.2 Å². The highest BCUT2D eigenvalue weighted by Crippen LogP contribution is 2.39. The van der Waals surface area contributed by atoms with Gasteiger partial charge >= 0.3 is 0 Å². The van der Waals surface area contributed by atoms with Gasteiger partial charge in [-0.05, 0) is 55.6 Å². The smallest absolute Gasteiger partial charge is 0.258 e. The van der Waals surface area contributed by atoms with Gasteiger partial charge in [0.2, 0.25) is 5.91 Å². The van der Waals surface area contributed by atoms with Crippen molar-refractivity contribution in [2.45, 2.75) is 0 Å². The van der Waals surface area contributed by atoms with Gasteiger partial charge in [-0.15, -0.1) is 0 Å². The summed E-state index contributed by atoms with van der Waals surface area (Å²) in [7, 11) is 3.91. The number of halogens is 1. The summed E-state index contributed by atoms with van der Waals surface area (Å²) in [5.74, 6) is -0.156. The lowest BCUT2D eigenvalue weighted by molar-refractivity contribution is -0.119. The van der Waals surface area contributed by atoms with Crippen molar-refractivity contribution in [2.75, 3.05) is 62.4 Å². The van der Waals surface area contributed by atoms with Crippen LogP contribution in [0.3, 0.4) is 0 Å². The van der Waals surface area contributed by atoms with Crippen LogP contribution in [0.5, 0.6) is 0 Å². The number of fused-ring (bicyclic) bond motifs is 2. The lowest BCUT2D eigenvalue weighted by Crippen LogP contribution is -2.48. The fraction of sp³-hybridized carbons (Fsp3) is 0.219. The zero-order valence-electron chi connectivity index (χ0n) is 23.0. The summed E-state index contributed by atoms with van der Waals surface area (Å²) in [5.41, 5.74) is 5.87. The highest BCUT2D eigenvalue weighted by molar-refractivity contribution is 6.38. The third-order valence-electron chi connectivity index (χ3n) is 7.72. The number of hydrogen-bond acceptors (Lipinski definition) is 6. The molecular formula is C32H31ClN6O2. The van der Waals surface area contributed by atoms with Crippen LogP contribution in [-0.2, 0) is 9.59 Å². The number of hydrogen-bond donors (Lipinski definition) is 2. The van der Waals surface area contributed by atoms with Gasteiger partial charge in [0.15, 0.2) is 0 Å². The molecule has 208 valence electrons. The quantitative estimate of drug-likeness (QED) is 0.319. The monoisotopic (exact) mass is 566 g/mol. The van der Waals surface area contributed by atoms with Gasteiger partial charge in [0.25, 0.3) is 5.91 Å². The zero-order valence-corrected chi connectivity index (χ0v) is 23.8. The second kappa shape index (κ2) is 11.3. The van der Waals surface area contributed by atoms with Crippen LogP contribution in [0.2, 0.25) is 5.02 Å². The van der Waals surface area contributed by atoms with E-state index in [0.29, 0.717) is 28.5 Å². The number of rotatable bonds is 6. The topological polar surface area (TPSA) is 80.8 Å². The second-order valence-corrected chi connectivity index (χ2v) is 10.9. The Kier molecular flexibility index (Phi) is 7.45. The van der Waals surface area contributed by atoms with E-state index in [1.807, 2.05) is 60.7 Å². The van der Waals surface area contributed by atoms with Crippen molar-refractivity contribution in [3.05, 3.63) is 95.1 Å². The van der Waals surface area contributed by atoms with Gasteiger partial charge in [0.1, 0.15) is 0 Å². The summed E-state index contributed by atoms with van der Waals surface area (Å²) in [6.07, 6.45) is 1.76. The molecule has 0 atom stereocenters. The van der Waals surface area contributed by atoms with Gasteiger partial charge < -0.3 is 20.4 Å². The molecule has 3 heterocycles. The number of anilines is 3. The number of pyridine rings is 1. The number of amides is 2. The normalized spacial score (nSPS) is 16.8. The number of carbonyl (C=O) groups excluding carboxylic acids is 2. The zero-order chi connectivity index (χ0) is 28.5. The van der Waals surface area contributed by atoms with E-state index in [9.17, 15) is 9.59 Å². The summed E-state index contributed by atoms with van der Waals surface area (Å²) in [4.78, 5) is 37.0. The van der Waals surface area contributed by atoms with E-state index in [1.165, 1.54) is 0 Å². The lowest BCUT2D eigenvalue weighted by atomic mass is 9.99. The van der Waals surface area contributed by atoms with Crippen molar-refractivity contribution in [3.63, 3.8) is 0 Å². The van der Waals surface area contributed by atoms with Crippen LogP contribution in [0.4, 0.5) is 17.1 Å². The van der Waals surface area contributed by atoms with E-state index >= 15 is 0 Å². The average Bonchev–Trinajstić information content (AvgIpc) is 3.31. The minimum atomic E-state index is -0.211. The highest BCUT2D eigenvalue weighted by Gasteiger charge is 2.29. The highest BCUT2D eigenvalue weighted by atomic mass is 35.5.